The van der Waals surface area contributed by atoms with E-state index in [-0.39, 0.29) is 17.1 Å². The number of benzene rings is 2. The van der Waals surface area contributed by atoms with Crippen LogP contribution in [0.5, 0.6) is 11.5 Å². The number of anilines is 1. The quantitative estimate of drug-likeness (QED) is 0.491. The summed E-state index contributed by atoms with van der Waals surface area (Å²) in [7, 11) is -1.88. The van der Waals surface area contributed by atoms with Crippen LogP contribution in [0.2, 0.25) is 0 Å². The molecule has 0 aliphatic carbocycles. The van der Waals surface area contributed by atoms with E-state index in [4.69, 9.17) is 14.2 Å². The van der Waals surface area contributed by atoms with Crippen LogP contribution in [0.15, 0.2) is 60.0 Å². The number of ether oxygens (including phenoxy) is 3. The van der Waals surface area contributed by atoms with Gasteiger partial charge in [-0.3, -0.25) is 4.79 Å². The van der Waals surface area contributed by atoms with Gasteiger partial charge in [0.1, 0.15) is 6.61 Å². The molecule has 0 fully saturated rings. The number of amides is 1. The van der Waals surface area contributed by atoms with Crippen molar-refractivity contribution in [2.75, 3.05) is 31.9 Å². The van der Waals surface area contributed by atoms with Gasteiger partial charge < -0.3 is 19.5 Å². The molecule has 9 heteroatoms. The van der Waals surface area contributed by atoms with Crippen LogP contribution in [0, 0.1) is 0 Å². The van der Waals surface area contributed by atoms with E-state index in [1.54, 1.807) is 12.1 Å². The normalized spacial score (nSPS) is 10.7. The highest BCUT2D eigenvalue weighted by Crippen LogP contribution is 2.28. The first-order valence-corrected chi connectivity index (χ1v) is 10.3. The second kappa shape index (κ2) is 9.74. The second-order valence-corrected chi connectivity index (χ2v) is 7.90. The molecule has 0 radical (unpaired) electrons. The number of carbonyl (C=O) groups excluding carboxylic acids is 2. The van der Waals surface area contributed by atoms with Gasteiger partial charge in [-0.1, -0.05) is 12.7 Å². The molecular weight excluding hydrogens is 398 g/mol. The van der Waals surface area contributed by atoms with Crippen LogP contribution in [-0.2, 0) is 19.4 Å². The summed E-state index contributed by atoms with van der Waals surface area (Å²) in [6.45, 7) is 3.33. The van der Waals surface area contributed by atoms with E-state index >= 15 is 0 Å². The Morgan fingerprint density at radius 1 is 1.10 bits per heavy atom. The Labute approximate surface area is 169 Å². The number of sulfone groups is 1. The zero-order valence-corrected chi connectivity index (χ0v) is 16.8. The third-order valence-electron chi connectivity index (χ3n) is 3.66. The lowest BCUT2D eigenvalue weighted by molar-refractivity contribution is -0.119. The first-order valence-electron chi connectivity index (χ1n) is 8.43. The van der Waals surface area contributed by atoms with E-state index in [2.05, 4.69) is 11.9 Å². The van der Waals surface area contributed by atoms with E-state index in [0.29, 0.717) is 17.2 Å². The molecule has 0 aliphatic rings. The van der Waals surface area contributed by atoms with Crippen molar-refractivity contribution in [3.63, 3.8) is 0 Å². The Morgan fingerprint density at radius 3 is 2.38 bits per heavy atom. The lowest BCUT2D eigenvalue weighted by Crippen LogP contribution is -2.21. The number of rotatable bonds is 9. The van der Waals surface area contributed by atoms with Crippen molar-refractivity contribution in [3.8, 4) is 11.5 Å². The summed E-state index contributed by atoms with van der Waals surface area (Å²) in [6, 6.07) is 10.1. The van der Waals surface area contributed by atoms with Gasteiger partial charge in [0.05, 0.1) is 17.6 Å². The monoisotopic (exact) mass is 419 g/mol. The maximum absolute atomic E-state index is 12.2. The van der Waals surface area contributed by atoms with Crippen LogP contribution in [0.1, 0.15) is 10.4 Å². The van der Waals surface area contributed by atoms with E-state index in [1.165, 1.54) is 43.5 Å². The Balaban J connectivity index is 1.94. The number of esters is 1. The summed E-state index contributed by atoms with van der Waals surface area (Å²) in [5, 5.41) is 2.52. The third kappa shape index (κ3) is 6.35. The lowest BCUT2D eigenvalue weighted by atomic mass is 10.2. The van der Waals surface area contributed by atoms with Gasteiger partial charge in [-0.2, -0.15) is 0 Å². The first-order chi connectivity index (χ1) is 13.7. The molecule has 0 unspecified atom stereocenters. The van der Waals surface area contributed by atoms with Crippen LogP contribution in [-0.4, -0.2) is 46.9 Å². The molecule has 1 N–H and O–H groups in total. The average Bonchev–Trinajstić information content (AvgIpc) is 2.70. The van der Waals surface area contributed by atoms with Gasteiger partial charge in [0, 0.05) is 11.9 Å². The Hall–Kier alpha value is -3.33. The predicted octanol–water partition coefficient (Wildman–Crippen LogP) is 2.46. The smallest absolute Gasteiger partial charge is 0.338 e. The summed E-state index contributed by atoms with van der Waals surface area (Å²) in [4.78, 5) is 24.3. The maximum Gasteiger partial charge on any atom is 0.338 e. The molecule has 0 spiro atoms. The Bertz CT molecular complexity index is 998. The fraction of sp³-hybridized carbons (Fsp3) is 0.200. The lowest BCUT2D eigenvalue weighted by Gasteiger charge is -2.11. The minimum absolute atomic E-state index is 0.136. The number of hydrogen-bond donors (Lipinski definition) is 1. The van der Waals surface area contributed by atoms with Gasteiger partial charge in [0.25, 0.3) is 5.91 Å². The number of nitrogens with one attached hydrogen (secondary N) is 1. The summed E-state index contributed by atoms with van der Waals surface area (Å²) < 4.78 is 38.5. The molecule has 0 bridgehead atoms. The molecule has 29 heavy (non-hydrogen) atoms. The molecule has 1 amide bonds. The van der Waals surface area contributed by atoms with Crippen molar-refractivity contribution in [2.45, 2.75) is 4.90 Å². The molecule has 154 valence electrons. The second-order valence-electron chi connectivity index (χ2n) is 5.89. The fourth-order valence-electron chi connectivity index (χ4n) is 2.26. The minimum atomic E-state index is -3.32. The van der Waals surface area contributed by atoms with Crippen LogP contribution in [0.4, 0.5) is 5.69 Å². The fourth-order valence-corrected chi connectivity index (χ4v) is 2.89. The first kappa shape index (κ1) is 22.0. The van der Waals surface area contributed by atoms with Crippen molar-refractivity contribution >= 4 is 27.4 Å². The van der Waals surface area contributed by atoms with Gasteiger partial charge >= 0.3 is 5.97 Å². The summed E-state index contributed by atoms with van der Waals surface area (Å²) in [6.07, 6.45) is 2.67. The SMILES string of the molecule is C=CCOc1ccc(C(=O)OCC(=O)Nc2ccc(S(C)(=O)=O)cc2)cc1OC. The average molecular weight is 419 g/mol. The number of methoxy groups -OCH3 is 1. The van der Waals surface area contributed by atoms with Crippen molar-refractivity contribution in [2.24, 2.45) is 0 Å². The maximum atomic E-state index is 12.2. The minimum Gasteiger partial charge on any atom is -0.493 e. The molecule has 0 aliphatic heterocycles. The molecule has 0 saturated heterocycles. The molecule has 8 nitrogen and oxygen atoms in total. The van der Waals surface area contributed by atoms with Crippen LogP contribution < -0.4 is 14.8 Å². The van der Waals surface area contributed by atoms with Crippen molar-refractivity contribution < 1.29 is 32.2 Å². The van der Waals surface area contributed by atoms with E-state index in [9.17, 15) is 18.0 Å². The predicted molar refractivity (Wildman–Crippen MR) is 107 cm³/mol. The van der Waals surface area contributed by atoms with Gasteiger partial charge in [-0.15, -0.1) is 0 Å². The van der Waals surface area contributed by atoms with Gasteiger partial charge in [-0.05, 0) is 42.5 Å². The number of hydrogen-bond acceptors (Lipinski definition) is 7. The van der Waals surface area contributed by atoms with E-state index in [0.717, 1.165) is 6.26 Å². The van der Waals surface area contributed by atoms with Crippen molar-refractivity contribution in [3.05, 3.63) is 60.7 Å². The highest BCUT2D eigenvalue weighted by molar-refractivity contribution is 7.90. The highest BCUT2D eigenvalue weighted by Gasteiger charge is 2.14. The molecule has 0 heterocycles. The zero-order chi connectivity index (χ0) is 21.4. The zero-order valence-electron chi connectivity index (χ0n) is 16.0. The molecule has 2 aromatic rings. The van der Waals surface area contributed by atoms with Crippen molar-refractivity contribution in [1.29, 1.82) is 0 Å². The van der Waals surface area contributed by atoms with Crippen LogP contribution >= 0.6 is 0 Å². The van der Waals surface area contributed by atoms with Gasteiger partial charge in [0.2, 0.25) is 0 Å². The Morgan fingerprint density at radius 2 is 1.79 bits per heavy atom. The van der Waals surface area contributed by atoms with Gasteiger partial charge in [0.15, 0.2) is 27.9 Å². The molecule has 2 rings (SSSR count). The third-order valence-corrected chi connectivity index (χ3v) is 4.79. The topological polar surface area (TPSA) is 108 Å². The van der Waals surface area contributed by atoms with Crippen LogP contribution in [0.3, 0.4) is 0 Å². The van der Waals surface area contributed by atoms with Crippen LogP contribution in [0.25, 0.3) is 0 Å². The largest absolute Gasteiger partial charge is 0.493 e. The molecule has 0 atom stereocenters. The molecular formula is C20H21NO7S. The summed E-state index contributed by atoms with van der Waals surface area (Å²) >= 11 is 0. The highest BCUT2D eigenvalue weighted by atomic mass is 32.2. The molecule has 0 aromatic heterocycles. The molecule has 0 saturated carbocycles. The molecule has 2 aromatic carbocycles. The standard InChI is InChI=1S/C20H21NO7S/c1-4-11-27-17-10-5-14(12-18(17)26-2)20(23)28-13-19(22)21-15-6-8-16(9-7-15)29(3,24)25/h4-10,12H,1,11,13H2,2-3H3,(H,21,22). The van der Waals surface area contributed by atoms with Gasteiger partial charge in [-0.25, -0.2) is 13.2 Å². The summed E-state index contributed by atoms with van der Waals surface area (Å²) in [5.74, 6) is -0.486. The van der Waals surface area contributed by atoms with E-state index < -0.39 is 28.3 Å². The number of carbonyl (C=O) groups is 2. The summed E-state index contributed by atoms with van der Waals surface area (Å²) in [5.41, 5.74) is 0.571. The Kier molecular flexibility index (Phi) is 7.38. The van der Waals surface area contributed by atoms with Crippen molar-refractivity contribution in [1.82, 2.24) is 0 Å². The van der Waals surface area contributed by atoms with E-state index in [1.807, 2.05) is 0 Å².